The highest BCUT2D eigenvalue weighted by molar-refractivity contribution is 7.87. The van der Waals surface area contributed by atoms with Gasteiger partial charge in [-0.2, -0.15) is 8.42 Å². The van der Waals surface area contributed by atoms with E-state index in [1.165, 1.54) is 0 Å². The molecule has 0 unspecified atom stereocenters. The van der Waals surface area contributed by atoms with Crippen molar-refractivity contribution in [3.8, 4) is 0 Å². The number of fused-ring (bicyclic) bond motifs is 1. The lowest BCUT2D eigenvalue weighted by Crippen LogP contribution is -2.53. The van der Waals surface area contributed by atoms with Crippen LogP contribution in [0.5, 0.6) is 0 Å². The Labute approximate surface area is 90.6 Å². The molecule has 1 saturated heterocycles. The summed E-state index contributed by atoms with van der Waals surface area (Å²) in [5.41, 5.74) is -0.106. The molecule has 0 N–H and O–H groups in total. The highest BCUT2D eigenvalue weighted by atomic mass is 32.2. The quantitative estimate of drug-likeness (QED) is 0.469. The van der Waals surface area contributed by atoms with Crippen LogP contribution in [0.1, 0.15) is 32.6 Å². The first-order valence-corrected chi connectivity index (χ1v) is 7.10. The average molecular weight is 228 g/mol. The summed E-state index contributed by atoms with van der Waals surface area (Å²) in [6.07, 6.45) is 8.01. The minimum atomic E-state index is -3.32. The zero-order valence-electron chi connectivity index (χ0n) is 8.85. The van der Waals surface area contributed by atoms with Gasteiger partial charge in [0.25, 0.3) is 10.1 Å². The van der Waals surface area contributed by atoms with Gasteiger partial charge in [-0.1, -0.05) is 12.2 Å². The fourth-order valence-electron chi connectivity index (χ4n) is 3.51. The maximum atomic E-state index is 12.0. The molecule has 84 valence electrons. The summed E-state index contributed by atoms with van der Waals surface area (Å²) in [5.74, 6) is 0.462. The molecule has 0 amide bonds. The van der Waals surface area contributed by atoms with Crippen LogP contribution in [-0.2, 0) is 14.3 Å². The Hall–Kier alpha value is -0.350. The van der Waals surface area contributed by atoms with E-state index in [0.717, 1.165) is 25.7 Å². The van der Waals surface area contributed by atoms with Gasteiger partial charge in [-0.25, -0.2) is 0 Å². The zero-order valence-corrected chi connectivity index (χ0v) is 9.66. The molecule has 4 atom stereocenters. The Morgan fingerprint density at radius 1 is 1.47 bits per heavy atom. The second kappa shape index (κ2) is 2.86. The van der Waals surface area contributed by atoms with Crippen LogP contribution < -0.4 is 0 Å². The molecule has 1 spiro atoms. The van der Waals surface area contributed by atoms with Crippen molar-refractivity contribution in [3.63, 3.8) is 0 Å². The topological polar surface area (TPSA) is 43.4 Å². The maximum Gasteiger partial charge on any atom is 0.271 e. The number of allylic oxidation sites excluding steroid dienone is 2. The highest BCUT2D eigenvalue weighted by Crippen LogP contribution is 2.54. The Balaban J connectivity index is 2.09. The van der Waals surface area contributed by atoms with Crippen molar-refractivity contribution in [2.75, 3.05) is 0 Å². The first kappa shape index (κ1) is 9.85. The van der Waals surface area contributed by atoms with Crippen LogP contribution >= 0.6 is 0 Å². The third-order valence-corrected chi connectivity index (χ3v) is 6.11. The number of hydrogen-bond acceptors (Lipinski definition) is 3. The molecule has 0 aromatic heterocycles. The van der Waals surface area contributed by atoms with Gasteiger partial charge in [0.1, 0.15) is 0 Å². The normalized spacial score (nSPS) is 51.4. The van der Waals surface area contributed by atoms with Crippen molar-refractivity contribution in [3.05, 3.63) is 12.2 Å². The smallest absolute Gasteiger partial charge is 0.267 e. The number of rotatable bonds is 0. The van der Waals surface area contributed by atoms with Crippen LogP contribution in [0.2, 0.25) is 0 Å². The van der Waals surface area contributed by atoms with Gasteiger partial charge in [-0.15, -0.1) is 0 Å². The van der Waals surface area contributed by atoms with E-state index in [0.29, 0.717) is 5.92 Å². The lowest BCUT2D eigenvalue weighted by atomic mass is 9.63. The lowest BCUT2D eigenvalue weighted by Gasteiger charge is -2.51. The molecule has 1 aliphatic heterocycles. The Morgan fingerprint density at radius 2 is 2.27 bits per heavy atom. The van der Waals surface area contributed by atoms with E-state index in [1.54, 1.807) is 0 Å². The molecule has 1 heterocycles. The van der Waals surface area contributed by atoms with Gasteiger partial charge < -0.3 is 0 Å². The minimum Gasteiger partial charge on any atom is -0.267 e. The minimum absolute atomic E-state index is 0.106. The van der Waals surface area contributed by atoms with Crippen LogP contribution in [0.25, 0.3) is 0 Å². The van der Waals surface area contributed by atoms with Gasteiger partial charge in [-0.05, 0) is 38.5 Å². The molecule has 0 aromatic rings. The molecule has 3 nitrogen and oxygen atoms in total. The monoisotopic (exact) mass is 228 g/mol. The molecule has 0 aromatic carbocycles. The predicted octanol–water partition coefficient (Wildman–Crippen LogP) is 1.85. The fourth-order valence-corrected chi connectivity index (χ4v) is 5.52. The number of hydrogen-bond donors (Lipinski definition) is 0. The average Bonchev–Trinajstić information content (AvgIpc) is 2.16. The van der Waals surface area contributed by atoms with E-state index in [2.05, 4.69) is 12.2 Å². The van der Waals surface area contributed by atoms with Gasteiger partial charge in [-0.3, -0.25) is 4.18 Å². The Bertz CT molecular complexity index is 412. The standard InChI is InChI=1S/C11H16O3S/c1-8-7-11-4-2-9(3-5-11)6-10(11)15(12,13)14-8/h2,4,8-10H,3,5-7H2,1H3/t8-,9-,10-,11+/m0/s1. The van der Waals surface area contributed by atoms with Gasteiger partial charge in [0.15, 0.2) is 0 Å². The van der Waals surface area contributed by atoms with E-state index >= 15 is 0 Å². The van der Waals surface area contributed by atoms with E-state index < -0.39 is 10.1 Å². The Morgan fingerprint density at radius 3 is 2.93 bits per heavy atom. The van der Waals surface area contributed by atoms with Crippen LogP contribution in [0.15, 0.2) is 12.2 Å². The fraction of sp³-hybridized carbons (Fsp3) is 0.818. The summed E-state index contributed by atoms with van der Waals surface area (Å²) in [6, 6.07) is 0. The van der Waals surface area contributed by atoms with Gasteiger partial charge >= 0.3 is 0 Å². The SMILES string of the molecule is C[C@H]1C[C@@]23C=C[C@@H](CC2)C[C@@H]3S(=O)(=O)O1. The third-order valence-electron chi connectivity index (χ3n) is 4.15. The summed E-state index contributed by atoms with van der Waals surface area (Å²) in [4.78, 5) is 0. The molecule has 15 heavy (non-hydrogen) atoms. The summed E-state index contributed by atoms with van der Waals surface area (Å²) in [6.45, 7) is 1.86. The summed E-state index contributed by atoms with van der Waals surface area (Å²) >= 11 is 0. The van der Waals surface area contributed by atoms with E-state index in [9.17, 15) is 8.42 Å². The van der Waals surface area contributed by atoms with E-state index in [4.69, 9.17) is 4.18 Å². The van der Waals surface area contributed by atoms with E-state index in [-0.39, 0.29) is 16.8 Å². The first-order valence-electron chi connectivity index (χ1n) is 5.63. The van der Waals surface area contributed by atoms with Crippen LogP contribution in [-0.4, -0.2) is 19.8 Å². The second-order valence-corrected chi connectivity index (χ2v) is 6.97. The van der Waals surface area contributed by atoms with Crippen LogP contribution in [0.4, 0.5) is 0 Å². The van der Waals surface area contributed by atoms with E-state index in [1.807, 2.05) is 6.92 Å². The van der Waals surface area contributed by atoms with Crippen molar-refractivity contribution in [2.45, 2.75) is 44.0 Å². The molecule has 1 saturated carbocycles. The van der Waals surface area contributed by atoms with Gasteiger partial charge in [0, 0.05) is 5.41 Å². The Kier molecular flexibility index (Phi) is 1.88. The molecule has 4 aliphatic rings. The lowest BCUT2D eigenvalue weighted by molar-refractivity contribution is 0.0761. The molecule has 3 aliphatic carbocycles. The summed E-state index contributed by atoms with van der Waals surface area (Å²) in [7, 11) is -3.32. The largest absolute Gasteiger partial charge is 0.271 e. The highest BCUT2D eigenvalue weighted by Gasteiger charge is 2.55. The molecular formula is C11H16O3S. The van der Waals surface area contributed by atoms with Gasteiger partial charge in [0.2, 0.25) is 0 Å². The van der Waals surface area contributed by atoms with Crippen molar-refractivity contribution < 1.29 is 12.6 Å². The van der Waals surface area contributed by atoms with Crippen LogP contribution in [0.3, 0.4) is 0 Å². The molecular weight excluding hydrogens is 212 g/mol. The first-order chi connectivity index (χ1) is 7.02. The van der Waals surface area contributed by atoms with Crippen molar-refractivity contribution >= 4 is 10.1 Å². The molecule has 0 radical (unpaired) electrons. The van der Waals surface area contributed by atoms with Gasteiger partial charge in [0.05, 0.1) is 11.4 Å². The molecule has 2 bridgehead atoms. The van der Waals surface area contributed by atoms with Crippen molar-refractivity contribution in [1.29, 1.82) is 0 Å². The summed E-state index contributed by atoms with van der Waals surface area (Å²) < 4.78 is 29.0. The molecule has 4 rings (SSSR count). The van der Waals surface area contributed by atoms with Crippen LogP contribution in [0, 0.1) is 11.3 Å². The molecule has 4 heteroatoms. The summed E-state index contributed by atoms with van der Waals surface area (Å²) in [5, 5.41) is -0.273. The zero-order chi connectivity index (χ0) is 10.7. The molecule has 2 fully saturated rings. The van der Waals surface area contributed by atoms with Crippen molar-refractivity contribution in [1.82, 2.24) is 0 Å². The second-order valence-electron chi connectivity index (χ2n) is 5.22. The van der Waals surface area contributed by atoms with Crippen molar-refractivity contribution in [2.24, 2.45) is 11.3 Å². The maximum absolute atomic E-state index is 12.0. The third kappa shape index (κ3) is 1.31. The predicted molar refractivity (Wildman–Crippen MR) is 56.8 cm³/mol.